The minimum atomic E-state index is 0.0538. The minimum Gasteiger partial charge on any atom is -0.384 e. The Morgan fingerprint density at radius 3 is 2.62 bits per heavy atom. The summed E-state index contributed by atoms with van der Waals surface area (Å²) in [6.07, 6.45) is 0.457. The van der Waals surface area contributed by atoms with E-state index < -0.39 is 0 Å². The topological polar surface area (TPSA) is 41.1 Å². The molecule has 0 aliphatic heterocycles. The quantitative estimate of drug-likeness (QED) is 0.833. The Labute approximate surface area is 133 Å². The third-order valence-electron chi connectivity index (χ3n) is 3.12. The van der Waals surface area contributed by atoms with Gasteiger partial charge in [-0.3, -0.25) is 4.79 Å². The molecule has 110 valence electrons. The average molecular weight is 347 g/mol. The van der Waals surface area contributed by atoms with Crippen molar-refractivity contribution in [3.05, 3.63) is 64.1 Å². The van der Waals surface area contributed by atoms with Crippen molar-refractivity contribution in [3.63, 3.8) is 0 Å². The van der Waals surface area contributed by atoms with Gasteiger partial charge in [0, 0.05) is 29.7 Å². The molecule has 2 N–H and O–H groups in total. The van der Waals surface area contributed by atoms with Gasteiger partial charge in [0.2, 0.25) is 5.91 Å². The molecule has 0 fully saturated rings. The first-order chi connectivity index (χ1) is 10.1. The highest BCUT2D eigenvalue weighted by Gasteiger charge is 2.01. The molecule has 0 saturated heterocycles. The molecule has 0 saturated carbocycles. The number of carbonyl (C=O) groups is 1. The predicted octanol–water partition coefficient (Wildman–Crippen LogP) is 3.88. The summed E-state index contributed by atoms with van der Waals surface area (Å²) in [5.74, 6) is 0.0538. The maximum absolute atomic E-state index is 11.8. The summed E-state index contributed by atoms with van der Waals surface area (Å²) in [6, 6.07) is 16.1. The monoisotopic (exact) mass is 346 g/mol. The van der Waals surface area contributed by atoms with Crippen LogP contribution in [0.4, 0.5) is 5.69 Å². The van der Waals surface area contributed by atoms with E-state index in [4.69, 9.17) is 0 Å². The van der Waals surface area contributed by atoms with E-state index in [1.165, 1.54) is 5.56 Å². The van der Waals surface area contributed by atoms with E-state index in [0.29, 0.717) is 19.5 Å². The zero-order valence-electron chi connectivity index (χ0n) is 12.0. The molecule has 1 amide bonds. The molecule has 0 radical (unpaired) electrons. The highest BCUT2D eigenvalue weighted by Crippen LogP contribution is 2.15. The number of nitrogens with one attached hydrogen (secondary N) is 2. The second-order valence-corrected chi connectivity index (χ2v) is 5.87. The Morgan fingerprint density at radius 2 is 1.90 bits per heavy atom. The van der Waals surface area contributed by atoms with E-state index in [0.717, 1.165) is 15.7 Å². The molecule has 0 bridgehead atoms. The zero-order chi connectivity index (χ0) is 15.1. The van der Waals surface area contributed by atoms with E-state index in [1.807, 2.05) is 36.4 Å². The molecule has 0 heterocycles. The van der Waals surface area contributed by atoms with Crippen molar-refractivity contribution < 1.29 is 4.79 Å². The van der Waals surface area contributed by atoms with Gasteiger partial charge in [0.05, 0.1) is 0 Å². The molecular formula is C17H19BrN2O. The van der Waals surface area contributed by atoms with Gasteiger partial charge in [-0.25, -0.2) is 0 Å². The summed E-state index contributed by atoms with van der Waals surface area (Å²) in [4.78, 5) is 11.8. The fraction of sp³-hybridized carbons (Fsp3) is 0.235. The van der Waals surface area contributed by atoms with Gasteiger partial charge in [0.1, 0.15) is 0 Å². The summed E-state index contributed by atoms with van der Waals surface area (Å²) in [6.45, 7) is 3.25. The van der Waals surface area contributed by atoms with Crippen LogP contribution in [-0.2, 0) is 11.3 Å². The Morgan fingerprint density at radius 1 is 1.14 bits per heavy atom. The van der Waals surface area contributed by atoms with Crippen LogP contribution in [0.2, 0.25) is 0 Å². The Bertz CT molecular complexity index is 596. The number of anilines is 1. The summed E-state index contributed by atoms with van der Waals surface area (Å²) in [7, 11) is 0. The van der Waals surface area contributed by atoms with E-state index in [9.17, 15) is 4.79 Å². The number of halogens is 1. The average Bonchev–Trinajstić information content (AvgIpc) is 2.47. The van der Waals surface area contributed by atoms with Crippen LogP contribution in [0.3, 0.4) is 0 Å². The first-order valence-electron chi connectivity index (χ1n) is 6.95. The summed E-state index contributed by atoms with van der Waals surface area (Å²) in [5.41, 5.74) is 3.35. The standard InChI is InChI=1S/C17H19BrN2O/c1-13-5-7-14(8-6-13)12-20-17(21)9-10-19-16-4-2-3-15(18)11-16/h2-8,11,19H,9-10,12H2,1H3,(H,20,21). The number of aryl methyl sites for hydroxylation is 1. The summed E-state index contributed by atoms with van der Waals surface area (Å²) in [5, 5.41) is 6.16. The Balaban J connectivity index is 1.69. The van der Waals surface area contributed by atoms with E-state index >= 15 is 0 Å². The SMILES string of the molecule is Cc1ccc(CNC(=O)CCNc2cccc(Br)c2)cc1. The predicted molar refractivity (Wildman–Crippen MR) is 90.3 cm³/mol. The molecule has 3 nitrogen and oxygen atoms in total. The third kappa shape index (κ3) is 5.60. The number of hydrogen-bond donors (Lipinski definition) is 2. The molecule has 4 heteroatoms. The maximum Gasteiger partial charge on any atom is 0.222 e. The smallest absolute Gasteiger partial charge is 0.222 e. The van der Waals surface area contributed by atoms with Gasteiger partial charge in [0.25, 0.3) is 0 Å². The van der Waals surface area contributed by atoms with Crippen molar-refractivity contribution in [2.75, 3.05) is 11.9 Å². The molecule has 0 aliphatic rings. The number of rotatable bonds is 6. The minimum absolute atomic E-state index is 0.0538. The van der Waals surface area contributed by atoms with E-state index in [2.05, 4.69) is 45.6 Å². The molecular weight excluding hydrogens is 328 g/mol. The first kappa shape index (κ1) is 15.6. The lowest BCUT2D eigenvalue weighted by atomic mass is 10.1. The number of benzene rings is 2. The van der Waals surface area contributed by atoms with Crippen LogP contribution in [0.5, 0.6) is 0 Å². The van der Waals surface area contributed by atoms with Crippen LogP contribution in [0.15, 0.2) is 53.0 Å². The number of carbonyl (C=O) groups excluding carboxylic acids is 1. The first-order valence-corrected chi connectivity index (χ1v) is 7.74. The lowest BCUT2D eigenvalue weighted by Crippen LogP contribution is -2.24. The molecule has 2 rings (SSSR count). The van der Waals surface area contributed by atoms with Gasteiger partial charge in [-0.05, 0) is 30.7 Å². The molecule has 21 heavy (non-hydrogen) atoms. The molecule has 0 aromatic heterocycles. The van der Waals surface area contributed by atoms with Crippen molar-refractivity contribution in [2.24, 2.45) is 0 Å². The van der Waals surface area contributed by atoms with Crippen LogP contribution < -0.4 is 10.6 Å². The molecule has 0 unspecified atom stereocenters. The van der Waals surface area contributed by atoms with Crippen LogP contribution in [0, 0.1) is 6.92 Å². The number of amides is 1. The van der Waals surface area contributed by atoms with Crippen molar-refractivity contribution in [2.45, 2.75) is 19.9 Å². The van der Waals surface area contributed by atoms with Crippen molar-refractivity contribution in [1.82, 2.24) is 5.32 Å². The second kappa shape index (κ2) is 7.84. The fourth-order valence-electron chi connectivity index (χ4n) is 1.91. The highest BCUT2D eigenvalue weighted by atomic mass is 79.9. The Kier molecular flexibility index (Phi) is 5.81. The molecule has 0 atom stereocenters. The lowest BCUT2D eigenvalue weighted by Gasteiger charge is -2.08. The van der Waals surface area contributed by atoms with Crippen LogP contribution in [0.1, 0.15) is 17.5 Å². The van der Waals surface area contributed by atoms with Crippen molar-refractivity contribution >= 4 is 27.5 Å². The Hall–Kier alpha value is -1.81. The fourth-order valence-corrected chi connectivity index (χ4v) is 2.31. The molecule has 2 aromatic carbocycles. The molecule has 2 aromatic rings. The van der Waals surface area contributed by atoms with Gasteiger partial charge in [-0.2, -0.15) is 0 Å². The normalized spacial score (nSPS) is 10.2. The van der Waals surface area contributed by atoms with Gasteiger partial charge < -0.3 is 10.6 Å². The maximum atomic E-state index is 11.8. The van der Waals surface area contributed by atoms with E-state index in [-0.39, 0.29) is 5.91 Å². The lowest BCUT2D eigenvalue weighted by molar-refractivity contribution is -0.121. The second-order valence-electron chi connectivity index (χ2n) is 4.95. The van der Waals surface area contributed by atoms with Crippen molar-refractivity contribution in [3.8, 4) is 0 Å². The summed E-state index contributed by atoms with van der Waals surface area (Å²) < 4.78 is 1.02. The van der Waals surface area contributed by atoms with Gasteiger partial charge >= 0.3 is 0 Å². The molecule has 0 spiro atoms. The van der Waals surface area contributed by atoms with E-state index in [1.54, 1.807) is 0 Å². The van der Waals surface area contributed by atoms with Gasteiger partial charge in [-0.1, -0.05) is 51.8 Å². The van der Waals surface area contributed by atoms with Gasteiger partial charge in [0.15, 0.2) is 0 Å². The van der Waals surface area contributed by atoms with Crippen molar-refractivity contribution in [1.29, 1.82) is 0 Å². The van der Waals surface area contributed by atoms with Crippen LogP contribution in [0.25, 0.3) is 0 Å². The highest BCUT2D eigenvalue weighted by molar-refractivity contribution is 9.10. The third-order valence-corrected chi connectivity index (χ3v) is 3.61. The molecule has 0 aliphatic carbocycles. The summed E-state index contributed by atoms with van der Waals surface area (Å²) >= 11 is 3.42. The van der Waals surface area contributed by atoms with Crippen LogP contribution in [-0.4, -0.2) is 12.5 Å². The number of hydrogen-bond acceptors (Lipinski definition) is 2. The zero-order valence-corrected chi connectivity index (χ0v) is 13.6. The van der Waals surface area contributed by atoms with Gasteiger partial charge in [-0.15, -0.1) is 0 Å². The van der Waals surface area contributed by atoms with Crippen LogP contribution >= 0.6 is 15.9 Å². The largest absolute Gasteiger partial charge is 0.384 e.